The van der Waals surface area contributed by atoms with E-state index in [2.05, 4.69) is 44.4 Å². The Morgan fingerprint density at radius 2 is 0.591 bits per heavy atom. The van der Waals surface area contributed by atoms with E-state index in [0.29, 0.717) is 37.9 Å². The normalized spacial score (nSPS) is 12.3. The van der Waals surface area contributed by atoms with Gasteiger partial charge in [0.15, 0.2) is 0 Å². The number of aliphatic hydroxyl groups is 1. The molecule has 1 N–H and O–H groups in total. The van der Waals surface area contributed by atoms with Crippen molar-refractivity contribution >= 4 is 11.9 Å². The van der Waals surface area contributed by atoms with Gasteiger partial charge in [-0.15, -0.1) is 0 Å². The number of nitrogens with zero attached hydrogens (tertiary/aromatic N) is 2. The Kier molecular flexibility index (Phi) is 52.2. The number of carbonyl (C=O) groups excluding carboxylic acids is 2. The van der Waals surface area contributed by atoms with Crippen molar-refractivity contribution in [2.45, 2.75) is 298 Å². The molecule has 1 unspecified atom stereocenters. The number of rotatable bonds is 55. The van der Waals surface area contributed by atoms with Crippen LogP contribution in [0, 0.1) is 11.8 Å². The number of carbonyl (C=O) groups is 2. The molecular formula is C59H118N2O5. The minimum absolute atomic E-state index is 0.00779. The van der Waals surface area contributed by atoms with Gasteiger partial charge in [0.25, 0.3) is 0 Å². The molecule has 0 rings (SSSR count). The Hall–Kier alpha value is -1.18. The first-order valence-corrected chi connectivity index (χ1v) is 29.8. The zero-order chi connectivity index (χ0) is 48.2. The zero-order valence-electron chi connectivity index (χ0n) is 45.5. The van der Waals surface area contributed by atoms with Gasteiger partial charge in [-0.25, -0.2) is 0 Å². The van der Waals surface area contributed by atoms with Crippen LogP contribution in [0.15, 0.2) is 0 Å². The van der Waals surface area contributed by atoms with Crippen LogP contribution in [0.5, 0.6) is 0 Å². The molecule has 0 amide bonds. The van der Waals surface area contributed by atoms with E-state index in [4.69, 9.17) is 9.47 Å². The molecule has 0 fully saturated rings. The molecule has 0 saturated heterocycles. The number of esters is 2. The topological polar surface area (TPSA) is 79.3 Å². The third-order valence-corrected chi connectivity index (χ3v) is 14.3. The smallest absolute Gasteiger partial charge is 0.305 e. The lowest BCUT2D eigenvalue weighted by atomic mass is 9.94. The third kappa shape index (κ3) is 46.5. The van der Waals surface area contributed by atoms with Crippen molar-refractivity contribution in [3.05, 3.63) is 0 Å². The number of aliphatic hydroxyl groups excluding tert-OH is 1. The quantitative estimate of drug-likeness (QED) is 0.0481. The molecule has 0 radical (unpaired) electrons. The number of ether oxygens (including phenoxy) is 2. The lowest BCUT2D eigenvalue weighted by Gasteiger charge is -2.27. The van der Waals surface area contributed by atoms with Gasteiger partial charge in [0.05, 0.1) is 19.8 Å². The maximum atomic E-state index is 12.9. The van der Waals surface area contributed by atoms with Gasteiger partial charge >= 0.3 is 11.9 Å². The molecule has 7 heteroatoms. The predicted octanol–water partition coefficient (Wildman–Crippen LogP) is 17.0. The highest BCUT2D eigenvalue weighted by Crippen LogP contribution is 2.22. The lowest BCUT2D eigenvalue weighted by Crippen LogP contribution is -2.38. The summed E-state index contributed by atoms with van der Waals surface area (Å²) in [6.07, 6.45) is 49.8. The van der Waals surface area contributed by atoms with E-state index in [1.54, 1.807) is 0 Å². The fourth-order valence-electron chi connectivity index (χ4n) is 9.64. The molecule has 1 atom stereocenters. The van der Waals surface area contributed by atoms with Crippen LogP contribution in [0.3, 0.4) is 0 Å². The van der Waals surface area contributed by atoms with Crippen LogP contribution in [-0.2, 0) is 19.1 Å². The zero-order valence-corrected chi connectivity index (χ0v) is 45.5. The fraction of sp³-hybridized carbons (Fsp3) is 0.966. The van der Waals surface area contributed by atoms with Gasteiger partial charge in [-0.3, -0.25) is 14.5 Å². The summed E-state index contributed by atoms with van der Waals surface area (Å²) in [5.41, 5.74) is 0. The fourth-order valence-corrected chi connectivity index (χ4v) is 9.64. The van der Waals surface area contributed by atoms with Gasteiger partial charge in [-0.1, -0.05) is 227 Å². The van der Waals surface area contributed by atoms with E-state index < -0.39 is 0 Å². The molecule has 0 bridgehead atoms. The Morgan fingerprint density at radius 3 is 0.909 bits per heavy atom. The van der Waals surface area contributed by atoms with Gasteiger partial charge < -0.3 is 19.5 Å². The van der Waals surface area contributed by atoms with E-state index in [1.807, 2.05) is 0 Å². The second kappa shape index (κ2) is 53.2. The average molecular weight is 936 g/mol. The molecule has 0 aliphatic heterocycles. The Labute approximate surface area is 413 Å². The van der Waals surface area contributed by atoms with Gasteiger partial charge in [0.1, 0.15) is 0 Å². The van der Waals surface area contributed by atoms with Crippen molar-refractivity contribution in [3.8, 4) is 0 Å². The van der Waals surface area contributed by atoms with Gasteiger partial charge in [-0.2, -0.15) is 0 Å². The van der Waals surface area contributed by atoms with Crippen molar-refractivity contribution < 1.29 is 24.2 Å². The molecule has 0 aromatic heterocycles. The molecule has 66 heavy (non-hydrogen) atoms. The first-order chi connectivity index (χ1) is 32.4. The van der Waals surface area contributed by atoms with Crippen molar-refractivity contribution in [3.63, 3.8) is 0 Å². The highest BCUT2D eigenvalue weighted by atomic mass is 16.5. The average Bonchev–Trinajstić information content (AvgIpc) is 3.32. The second-order valence-corrected chi connectivity index (χ2v) is 20.8. The largest absolute Gasteiger partial charge is 0.465 e. The van der Waals surface area contributed by atoms with Crippen LogP contribution in [-0.4, -0.2) is 85.9 Å². The summed E-state index contributed by atoms with van der Waals surface area (Å²) >= 11 is 0. The summed E-state index contributed by atoms with van der Waals surface area (Å²) in [4.78, 5) is 30.9. The van der Waals surface area contributed by atoms with Crippen LogP contribution in [0.2, 0.25) is 0 Å². The van der Waals surface area contributed by atoms with Gasteiger partial charge in [0, 0.05) is 32.5 Å². The van der Waals surface area contributed by atoms with Crippen molar-refractivity contribution in [1.82, 2.24) is 9.80 Å². The first kappa shape index (κ1) is 64.8. The molecule has 0 heterocycles. The number of hydrogen-bond acceptors (Lipinski definition) is 7. The highest BCUT2D eigenvalue weighted by Gasteiger charge is 2.15. The number of hydrogen-bond donors (Lipinski definition) is 1. The Bertz CT molecular complexity index is 964. The monoisotopic (exact) mass is 935 g/mol. The maximum Gasteiger partial charge on any atom is 0.305 e. The van der Waals surface area contributed by atoms with E-state index in [0.717, 1.165) is 77.8 Å². The van der Waals surface area contributed by atoms with E-state index in [1.165, 1.54) is 212 Å². The second-order valence-electron chi connectivity index (χ2n) is 20.8. The third-order valence-electron chi connectivity index (χ3n) is 14.3. The minimum Gasteiger partial charge on any atom is -0.465 e. The van der Waals surface area contributed by atoms with E-state index in [-0.39, 0.29) is 18.5 Å². The first-order valence-electron chi connectivity index (χ1n) is 29.8. The van der Waals surface area contributed by atoms with Crippen molar-refractivity contribution in [2.75, 3.05) is 59.1 Å². The summed E-state index contributed by atoms with van der Waals surface area (Å²) in [7, 11) is 0. The SMILES string of the molecule is CCCCCCCCCN(CCO)CCN(CCCCCC(=O)OCC(CCCCCC)CCCCCCCC)CCCCCC(=O)OCC(CCCCCCCC)CCCCCCCC. The maximum absolute atomic E-state index is 12.9. The molecule has 0 aliphatic rings. The Morgan fingerprint density at radius 1 is 0.333 bits per heavy atom. The molecule has 0 aromatic rings. The Balaban J connectivity index is 5.00. The van der Waals surface area contributed by atoms with Crippen LogP contribution in [0.25, 0.3) is 0 Å². The summed E-state index contributed by atoms with van der Waals surface area (Å²) < 4.78 is 11.9. The van der Waals surface area contributed by atoms with Crippen LogP contribution in [0.1, 0.15) is 298 Å². The lowest BCUT2D eigenvalue weighted by molar-refractivity contribution is -0.146. The predicted molar refractivity (Wildman–Crippen MR) is 287 cm³/mol. The van der Waals surface area contributed by atoms with E-state index in [9.17, 15) is 14.7 Å². The summed E-state index contributed by atoms with van der Waals surface area (Å²) in [6, 6.07) is 0. The molecule has 0 aromatic carbocycles. The standard InChI is InChI=1S/C59H118N2O5/c1-6-11-16-21-25-29-38-49-61(52-53-62)51-50-60(47-39-30-36-45-58(63)65-54-56(41-32-20-15-10-5)42-33-26-22-17-12-7-2)48-40-31-37-46-59(64)66-55-57(43-34-27-23-18-13-8-3)44-35-28-24-19-14-9-4/h56-57,62H,6-55H2,1-5H3. The molecular weight excluding hydrogens is 817 g/mol. The summed E-state index contributed by atoms with van der Waals surface area (Å²) in [5, 5.41) is 9.88. The molecule has 0 spiro atoms. The summed E-state index contributed by atoms with van der Waals surface area (Å²) in [6.45, 7) is 18.6. The van der Waals surface area contributed by atoms with Crippen LogP contribution < -0.4 is 0 Å². The van der Waals surface area contributed by atoms with Crippen LogP contribution >= 0.6 is 0 Å². The summed E-state index contributed by atoms with van der Waals surface area (Å²) in [5.74, 6) is 1.01. The van der Waals surface area contributed by atoms with Gasteiger partial charge in [0.2, 0.25) is 0 Å². The highest BCUT2D eigenvalue weighted by molar-refractivity contribution is 5.69. The van der Waals surface area contributed by atoms with Gasteiger partial charge in [-0.05, 0) is 89.3 Å². The van der Waals surface area contributed by atoms with Crippen LogP contribution in [0.4, 0.5) is 0 Å². The minimum atomic E-state index is -0.0111. The molecule has 394 valence electrons. The molecule has 7 nitrogen and oxygen atoms in total. The van der Waals surface area contributed by atoms with Crippen molar-refractivity contribution in [1.29, 1.82) is 0 Å². The number of unbranched alkanes of at least 4 members (excludes halogenated alkanes) is 28. The molecule has 0 saturated carbocycles. The van der Waals surface area contributed by atoms with Crippen molar-refractivity contribution in [2.24, 2.45) is 11.8 Å². The van der Waals surface area contributed by atoms with E-state index >= 15 is 0 Å². The molecule has 0 aliphatic carbocycles.